The van der Waals surface area contributed by atoms with Gasteiger partial charge < -0.3 is 10.1 Å². The summed E-state index contributed by atoms with van der Waals surface area (Å²) >= 11 is 0. The Labute approximate surface area is 64.8 Å². The second-order valence-electron chi connectivity index (χ2n) is 2.48. The minimum Gasteiger partial charge on any atom is -0.468 e. The molecule has 0 bridgehead atoms. The van der Waals surface area contributed by atoms with Crippen LogP contribution in [0.5, 0.6) is 0 Å². The maximum Gasteiger partial charge on any atom is 0.322 e. The van der Waals surface area contributed by atoms with E-state index in [4.69, 9.17) is 5.90 Å². The van der Waals surface area contributed by atoms with E-state index in [-0.39, 0.29) is 18.1 Å². The average Bonchev–Trinajstić information content (AvgIpc) is 2.50. The highest BCUT2D eigenvalue weighted by atomic mass is 16.6. The topological polar surface area (TPSA) is 73.6 Å². The molecule has 3 N–H and O–H groups in total. The van der Waals surface area contributed by atoms with Crippen LogP contribution in [0.1, 0.15) is 6.42 Å². The fraction of sp³-hybridized carbons (Fsp3) is 0.833. The molecule has 5 heteroatoms. The van der Waals surface area contributed by atoms with Crippen molar-refractivity contribution in [3.8, 4) is 0 Å². The Bertz CT molecular complexity index is 151. The van der Waals surface area contributed by atoms with Crippen molar-refractivity contribution in [3.63, 3.8) is 0 Å². The zero-order valence-corrected chi connectivity index (χ0v) is 6.37. The highest BCUT2D eigenvalue weighted by molar-refractivity contribution is 5.76. The molecule has 0 saturated carbocycles. The highest BCUT2D eigenvalue weighted by Crippen LogP contribution is 2.09. The number of ether oxygens (including phenoxy) is 1. The minimum absolute atomic E-state index is 0.0703. The summed E-state index contributed by atoms with van der Waals surface area (Å²) < 4.78 is 4.53. The molecule has 0 amide bonds. The van der Waals surface area contributed by atoms with E-state index < -0.39 is 0 Å². The quantitative estimate of drug-likeness (QED) is 0.391. The molecular formula is C6H12N2O3. The van der Waals surface area contributed by atoms with Crippen LogP contribution in [0.25, 0.3) is 0 Å². The molecule has 0 aromatic heterocycles. The number of hydrogen-bond donors (Lipinski definition) is 2. The summed E-state index contributed by atoms with van der Waals surface area (Å²) in [6.45, 7) is 0.607. The minimum atomic E-state index is -0.260. The van der Waals surface area contributed by atoms with Crippen LogP contribution in [0.3, 0.4) is 0 Å². The van der Waals surface area contributed by atoms with E-state index in [1.165, 1.54) is 7.11 Å². The third kappa shape index (κ3) is 1.89. The molecule has 1 rings (SSSR count). The van der Waals surface area contributed by atoms with Crippen molar-refractivity contribution in [2.75, 3.05) is 13.7 Å². The Morgan fingerprint density at radius 3 is 2.91 bits per heavy atom. The Kier molecular flexibility index (Phi) is 2.81. The van der Waals surface area contributed by atoms with Gasteiger partial charge in [0.15, 0.2) is 0 Å². The second kappa shape index (κ2) is 3.66. The predicted octanol–water partition coefficient (Wildman–Crippen LogP) is -1.22. The van der Waals surface area contributed by atoms with Gasteiger partial charge in [-0.1, -0.05) is 0 Å². The number of rotatable bonds is 2. The Balaban J connectivity index is 2.35. The number of methoxy groups -OCH3 is 1. The van der Waals surface area contributed by atoms with Crippen molar-refractivity contribution in [3.05, 3.63) is 0 Å². The van der Waals surface area contributed by atoms with Gasteiger partial charge >= 0.3 is 5.97 Å². The summed E-state index contributed by atoms with van der Waals surface area (Å²) in [6.07, 6.45) is 0.516. The molecule has 11 heavy (non-hydrogen) atoms. The SMILES string of the molecule is COC(=O)C1C[C@@H](ON)CN1. The van der Waals surface area contributed by atoms with Gasteiger partial charge in [0.2, 0.25) is 0 Å². The van der Waals surface area contributed by atoms with Gasteiger partial charge in [-0.05, 0) is 0 Å². The van der Waals surface area contributed by atoms with E-state index in [1.807, 2.05) is 0 Å². The van der Waals surface area contributed by atoms with E-state index >= 15 is 0 Å². The van der Waals surface area contributed by atoms with E-state index in [2.05, 4.69) is 14.9 Å². The largest absolute Gasteiger partial charge is 0.468 e. The predicted molar refractivity (Wildman–Crippen MR) is 37.5 cm³/mol. The van der Waals surface area contributed by atoms with Crippen LogP contribution in [0.2, 0.25) is 0 Å². The van der Waals surface area contributed by atoms with Crippen molar-refractivity contribution in [1.29, 1.82) is 0 Å². The number of esters is 1. The molecule has 2 atom stereocenters. The third-order valence-electron chi connectivity index (χ3n) is 1.77. The average molecular weight is 160 g/mol. The number of carbonyl (C=O) groups excluding carboxylic acids is 1. The molecule has 0 aliphatic carbocycles. The van der Waals surface area contributed by atoms with E-state index in [0.29, 0.717) is 13.0 Å². The molecular weight excluding hydrogens is 148 g/mol. The van der Waals surface area contributed by atoms with Gasteiger partial charge in [0.1, 0.15) is 6.04 Å². The number of carbonyl (C=O) groups is 1. The standard InChI is InChI=1S/C6H12N2O3/c1-10-6(9)5-2-4(11-7)3-8-5/h4-5,8H,2-3,7H2,1H3/t4-,5?/m1/s1. The van der Waals surface area contributed by atoms with Gasteiger partial charge in [0.25, 0.3) is 0 Å². The van der Waals surface area contributed by atoms with Gasteiger partial charge in [-0.25, -0.2) is 5.90 Å². The summed E-state index contributed by atoms with van der Waals surface area (Å²) in [5.41, 5.74) is 0. The second-order valence-corrected chi connectivity index (χ2v) is 2.48. The molecule has 0 aromatic rings. The lowest BCUT2D eigenvalue weighted by Crippen LogP contribution is -2.31. The van der Waals surface area contributed by atoms with Crippen LogP contribution in [0.15, 0.2) is 0 Å². The van der Waals surface area contributed by atoms with Gasteiger partial charge in [-0.3, -0.25) is 9.63 Å². The molecule has 1 aliphatic rings. The normalized spacial score (nSPS) is 30.4. The maximum atomic E-state index is 10.9. The van der Waals surface area contributed by atoms with Crippen LogP contribution < -0.4 is 11.2 Å². The van der Waals surface area contributed by atoms with E-state index in [0.717, 1.165) is 0 Å². The lowest BCUT2D eigenvalue weighted by atomic mass is 10.2. The van der Waals surface area contributed by atoms with Gasteiger partial charge in [0, 0.05) is 13.0 Å². The molecule has 0 aromatic carbocycles. The molecule has 0 radical (unpaired) electrons. The van der Waals surface area contributed by atoms with Crippen LogP contribution in [0.4, 0.5) is 0 Å². The molecule has 1 fully saturated rings. The smallest absolute Gasteiger partial charge is 0.322 e. The summed E-state index contributed by atoms with van der Waals surface area (Å²) in [5, 5.41) is 2.93. The van der Waals surface area contributed by atoms with Gasteiger partial charge in [0.05, 0.1) is 13.2 Å². The van der Waals surface area contributed by atoms with Crippen LogP contribution in [-0.4, -0.2) is 31.8 Å². The van der Waals surface area contributed by atoms with E-state index in [1.54, 1.807) is 0 Å². The van der Waals surface area contributed by atoms with Crippen LogP contribution in [0, 0.1) is 0 Å². The van der Waals surface area contributed by atoms with Crippen LogP contribution >= 0.6 is 0 Å². The van der Waals surface area contributed by atoms with Crippen LogP contribution in [-0.2, 0) is 14.4 Å². The lowest BCUT2D eigenvalue weighted by Gasteiger charge is -2.05. The van der Waals surface area contributed by atoms with E-state index in [9.17, 15) is 4.79 Å². The zero-order chi connectivity index (χ0) is 8.27. The fourth-order valence-corrected chi connectivity index (χ4v) is 1.13. The number of nitrogens with two attached hydrogens (primary N) is 1. The van der Waals surface area contributed by atoms with Gasteiger partial charge in [-0.15, -0.1) is 0 Å². The summed E-state index contributed by atoms with van der Waals surface area (Å²) in [4.78, 5) is 15.5. The first-order valence-corrected chi connectivity index (χ1v) is 3.44. The molecule has 64 valence electrons. The Hall–Kier alpha value is -0.650. The first kappa shape index (κ1) is 8.45. The first-order valence-electron chi connectivity index (χ1n) is 3.44. The molecule has 1 unspecified atom stereocenters. The molecule has 1 saturated heterocycles. The molecule has 5 nitrogen and oxygen atoms in total. The number of hydrogen-bond acceptors (Lipinski definition) is 5. The third-order valence-corrected chi connectivity index (χ3v) is 1.77. The van der Waals surface area contributed by atoms with Crippen molar-refractivity contribution in [2.24, 2.45) is 5.90 Å². The highest BCUT2D eigenvalue weighted by Gasteiger charge is 2.30. The Morgan fingerprint density at radius 1 is 1.73 bits per heavy atom. The van der Waals surface area contributed by atoms with Crippen molar-refractivity contribution < 1.29 is 14.4 Å². The maximum absolute atomic E-state index is 10.9. The van der Waals surface area contributed by atoms with Crippen molar-refractivity contribution >= 4 is 5.97 Å². The fourth-order valence-electron chi connectivity index (χ4n) is 1.13. The summed E-state index contributed by atoms with van der Waals surface area (Å²) in [7, 11) is 1.36. The molecule has 1 heterocycles. The van der Waals surface area contributed by atoms with Crippen molar-refractivity contribution in [1.82, 2.24) is 5.32 Å². The van der Waals surface area contributed by atoms with Crippen molar-refractivity contribution in [2.45, 2.75) is 18.6 Å². The molecule has 0 spiro atoms. The molecule has 1 aliphatic heterocycles. The lowest BCUT2D eigenvalue weighted by molar-refractivity contribution is -0.142. The summed E-state index contributed by atoms with van der Waals surface area (Å²) in [6, 6.07) is -0.256. The van der Waals surface area contributed by atoms with Gasteiger partial charge in [-0.2, -0.15) is 0 Å². The summed E-state index contributed by atoms with van der Waals surface area (Å²) in [5.74, 6) is 4.69. The Morgan fingerprint density at radius 2 is 2.45 bits per heavy atom. The first-order chi connectivity index (χ1) is 5.27. The zero-order valence-electron chi connectivity index (χ0n) is 6.37. The monoisotopic (exact) mass is 160 g/mol. The number of nitrogens with one attached hydrogen (secondary N) is 1.